The lowest BCUT2D eigenvalue weighted by atomic mass is 10.1. The second kappa shape index (κ2) is 5.86. The molecule has 98 valence electrons. The van der Waals surface area contributed by atoms with Crippen LogP contribution in [0, 0.1) is 0 Å². The summed E-state index contributed by atoms with van der Waals surface area (Å²) in [5.41, 5.74) is -1.92. The molecular formula is C11H20N2O4. The highest BCUT2D eigenvalue weighted by atomic mass is 16.4. The highest BCUT2D eigenvalue weighted by Crippen LogP contribution is 2.10. The Kier molecular flexibility index (Phi) is 4.74. The molecule has 0 aromatic carbocycles. The van der Waals surface area contributed by atoms with E-state index in [1.165, 1.54) is 0 Å². The average molecular weight is 244 g/mol. The third-order valence-electron chi connectivity index (χ3n) is 2.94. The molecule has 1 heterocycles. The molecule has 0 radical (unpaired) electrons. The molecule has 0 bridgehead atoms. The zero-order valence-corrected chi connectivity index (χ0v) is 10.1. The summed E-state index contributed by atoms with van der Waals surface area (Å²) in [7, 11) is 0. The molecule has 1 atom stereocenters. The molecule has 17 heavy (non-hydrogen) atoms. The molecule has 0 saturated carbocycles. The first-order valence-corrected chi connectivity index (χ1v) is 5.92. The van der Waals surface area contributed by atoms with Crippen molar-refractivity contribution in [2.75, 3.05) is 19.6 Å². The van der Waals surface area contributed by atoms with Crippen LogP contribution in [0.1, 0.15) is 32.6 Å². The zero-order valence-electron chi connectivity index (χ0n) is 10.1. The summed E-state index contributed by atoms with van der Waals surface area (Å²) in [5.74, 6) is -1.34. The third kappa shape index (κ3) is 4.22. The lowest BCUT2D eigenvalue weighted by molar-refractivity contribution is -0.155. The van der Waals surface area contributed by atoms with Crippen LogP contribution in [0.3, 0.4) is 0 Å². The normalized spacial score (nSPS) is 20.2. The van der Waals surface area contributed by atoms with Crippen LogP contribution in [0.2, 0.25) is 0 Å². The minimum absolute atomic E-state index is 0.280. The molecular weight excluding hydrogens is 224 g/mol. The van der Waals surface area contributed by atoms with Crippen LogP contribution in [-0.2, 0) is 4.79 Å². The standard InChI is InChI=1S/C11H20N2O4/c1-11(17,9(14)15)8-12-10(16)13-6-4-2-3-5-7-13/h17H,2-8H2,1H3,(H,12,16)(H,14,15). The molecule has 1 fully saturated rings. The molecule has 1 aliphatic rings. The number of rotatable bonds is 3. The monoisotopic (exact) mass is 244 g/mol. The highest BCUT2D eigenvalue weighted by molar-refractivity contribution is 5.79. The van der Waals surface area contributed by atoms with Crippen molar-refractivity contribution in [1.29, 1.82) is 0 Å². The van der Waals surface area contributed by atoms with Crippen molar-refractivity contribution in [2.24, 2.45) is 0 Å². The lowest BCUT2D eigenvalue weighted by Gasteiger charge is -2.24. The molecule has 0 aromatic heterocycles. The van der Waals surface area contributed by atoms with E-state index < -0.39 is 11.6 Å². The number of carboxylic acid groups (broad SMARTS) is 1. The lowest BCUT2D eigenvalue weighted by Crippen LogP contribution is -2.50. The van der Waals surface area contributed by atoms with Crippen molar-refractivity contribution < 1.29 is 19.8 Å². The number of carboxylic acids is 1. The Balaban J connectivity index is 2.40. The maximum Gasteiger partial charge on any atom is 0.337 e. The first-order chi connectivity index (χ1) is 7.93. The number of nitrogens with zero attached hydrogens (tertiary/aromatic N) is 1. The van der Waals surface area contributed by atoms with E-state index in [-0.39, 0.29) is 12.6 Å². The van der Waals surface area contributed by atoms with Gasteiger partial charge in [-0.2, -0.15) is 0 Å². The van der Waals surface area contributed by atoms with Gasteiger partial charge in [0.1, 0.15) is 0 Å². The predicted molar refractivity (Wildman–Crippen MR) is 61.7 cm³/mol. The van der Waals surface area contributed by atoms with Crippen LogP contribution in [0.25, 0.3) is 0 Å². The summed E-state index contributed by atoms with van der Waals surface area (Å²) in [6, 6.07) is -0.298. The van der Waals surface area contributed by atoms with Gasteiger partial charge in [-0.3, -0.25) is 0 Å². The minimum Gasteiger partial charge on any atom is -0.479 e. The number of aliphatic hydroxyl groups is 1. The summed E-state index contributed by atoms with van der Waals surface area (Å²) in [6.07, 6.45) is 4.19. The Morgan fingerprint density at radius 3 is 2.24 bits per heavy atom. The number of hydrogen-bond acceptors (Lipinski definition) is 3. The van der Waals surface area contributed by atoms with Crippen LogP contribution in [0.15, 0.2) is 0 Å². The zero-order chi connectivity index (χ0) is 12.9. The molecule has 0 aliphatic carbocycles. The van der Waals surface area contributed by atoms with Gasteiger partial charge in [0.15, 0.2) is 5.60 Å². The molecule has 0 spiro atoms. The van der Waals surface area contributed by atoms with E-state index in [2.05, 4.69) is 5.32 Å². The van der Waals surface area contributed by atoms with Gasteiger partial charge in [0, 0.05) is 13.1 Å². The molecule has 2 amide bonds. The van der Waals surface area contributed by atoms with Crippen molar-refractivity contribution in [3.8, 4) is 0 Å². The maximum atomic E-state index is 11.7. The number of nitrogens with one attached hydrogen (secondary N) is 1. The van der Waals surface area contributed by atoms with E-state index in [9.17, 15) is 14.7 Å². The molecule has 1 rings (SSSR count). The van der Waals surface area contributed by atoms with Crippen LogP contribution in [0.4, 0.5) is 4.79 Å². The second-order valence-corrected chi connectivity index (χ2v) is 4.64. The Morgan fingerprint density at radius 2 is 1.76 bits per heavy atom. The molecule has 3 N–H and O–H groups in total. The van der Waals surface area contributed by atoms with Gasteiger partial charge in [0.05, 0.1) is 6.54 Å². The average Bonchev–Trinajstić information content (AvgIpc) is 2.54. The van der Waals surface area contributed by atoms with Gasteiger partial charge in [-0.05, 0) is 19.8 Å². The van der Waals surface area contributed by atoms with Gasteiger partial charge < -0.3 is 20.4 Å². The van der Waals surface area contributed by atoms with Gasteiger partial charge >= 0.3 is 12.0 Å². The summed E-state index contributed by atoms with van der Waals surface area (Å²) in [4.78, 5) is 24.1. The van der Waals surface area contributed by atoms with E-state index in [1.54, 1.807) is 4.90 Å². The number of amides is 2. The minimum atomic E-state index is -1.92. The van der Waals surface area contributed by atoms with Crippen molar-refractivity contribution in [2.45, 2.75) is 38.2 Å². The predicted octanol–water partition coefficient (Wildman–Crippen LogP) is 0.408. The number of likely N-dealkylation sites (tertiary alicyclic amines) is 1. The van der Waals surface area contributed by atoms with Crippen molar-refractivity contribution >= 4 is 12.0 Å². The number of hydrogen-bond donors (Lipinski definition) is 3. The smallest absolute Gasteiger partial charge is 0.337 e. The quantitative estimate of drug-likeness (QED) is 0.670. The largest absolute Gasteiger partial charge is 0.479 e. The number of carbonyl (C=O) groups excluding carboxylic acids is 1. The van der Waals surface area contributed by atoms with Crippen LogP contribution >= 0.6 is 0 Å². The van der Waals surface area contributed by atoms with Crippen LogP contribution < -0.4 is 5.32 Å². The van der Waals surface area contributed by atoms with E-state index in [0.29, 0.717) is 13.1 Å². The van der Waals surface area contributed by atoms with Crippen molar-refractivity contribution in [1.82, 2.24) is 10.2 Å². The topological polar surface area (TPSA) is 89.9 Å². The van der Waals surface area contributed by atoms with Gasteiger partial charge in [-0.15, -0.1) is 0 Å². The molecule has 1 saturated heterocycles. The van der Waals surface area contributed by atoms with E-state index in [4.69, 9.17) is 5.11 Å². The number of urea groups is 1. The molecule has 1 unspecified atom stereocenters. The molecule has 0 aromatic rings. The second-order valence-electron chi connectivity index (χ2n) is 4.64. The SMILES string of the molecule is CC(O)(CNC(=O)N1CCCCCC1)C(=O)O. The molecule has 6 nitrogen and oxygen atoms in total. The first kappa shape index (κ1) is 13.8. The van der Waals surface area contributed by atoms with Crippen LogP contribution in [-0.4, -0.2) is 52.3 Å². The van der Waals surface area contributed by atoms with Gasteiger partial charge in [0.2, 0.25) is 0 Å². The molecule has 6 heteroatoms. The highest BCUT2D eigenvalue weighted by Gasteiger charge is 2.30. The molecule has 1 aliphatic heterocycles. The maximum absolute atomic E-state index is 11.7. The Bertz CT molecular complexity index is 283. The summed E-state index contributed by atoms with van der Waals surface area (Å²) < 4.78 is 0. The number of carbonyl (C=O) groups is 2. The Morgan fingerprint density at radius 1 is 1.24 bits per heavy atom. The number of aliphatic carboxylic acids is 1. The Labute approximate surface area is 101 Å². The fourth-order valence-electron chi connectivity index (χ4n) is 1.71. The summed E-state index contributed by atoms with van der Waals surface area (Å²) in [6.45, 7) is 2.28. The van der Waals surface area contributed by atoms with Crippen molar-refractivity contribution in [3.05, 3.63) is 0 Å². The van der Waals surface area contributed by atoms with Gasteiger partial charge in [0.25, 0.3) is 0 Å². The third-order valence-corrected chi connectivity index (χ3v) is 2.94. The van der Waals surface area contributed by atoms with Gasteiger partial charge in [-0.1, -0.05) is 12.8 Å². The summed E-state index contributed by atoms with van der Waals surface area (Å²) in [5, 5.41) is 20.6. The van der Waals surface area contributed by atoms with Crippen molar-refractivity contribution in [3.63, 3.8) is 0 Å². The van der Waals surface area contributed by atoms with Gasteiger partial charge in [-0.25, -0.2) is 9.59 Å². The fraction of sp³-hybridized carbons (Fsp3) is 0.818. The van der Waals surface area contributed by atoms with E-state index >= 15 is 0 Å². The summed E-state index contributed by atoms with van der Waals surface area (Å²) >= 11 is 0. The van der Waals surface area contributed by atoms with E-state index in [1.807, 2.05) is 0 Å². The van der Waals surface area contributed by atoms with Crippen LogP contribution in [0.5, 0.6) is 0 Å². The van der Waals surface area contributed by atoms with E-state index in [0.717, 1.165) is 32.6 Å². The Hall–Kier alpha value is -1.30. The first-order valence-electron chi connectivity index (χ1n) is 5.92. The fourth-order valence-corrected chi connectivity index (χ4v) is 1.71.